The fourth-order valence-corrected chi connectivity index (χ4v) is 3.43. The number of nitrogens with two attached hydrogens (primary N) is 1. The molecule has 0 bridgehead atoms. The molecular weight excluding hydrogens is 318 g/mol. The molecule has 0 amide bonds. The number of rotatable bonds is 3. The van der Waals surface area contributed by atoms with E-state index in [0.717, 1.165) is 25.7 Å². The van der Waals surface area contributed by atoms with Crippen molar-refractivity contribution in [2.24, 2.45) is 0 Å². The average Bonchev–Trinajstić information content (AvgIpc) is 2.63. The molecule has 25 heavy (non-hydrogen) atoms. The number of nitrogen functional groups attached to an aromatic ring is 1. The largest absolute Gasteiger partial charge is 0.508 e. The van der Waals surface area contributed by atoms with E-state index >= 15 is 0 Å². The van der Waals surface area contributed by atoms with Crippen molar-refractivity contribution in [2.75, 3.05) is 12.8 Å². The molecular formula is C18H21N5O2. The van der Waals surface area contributed by atoms with Crippen LogP contribution in [-0.4, -0.2) is 33.3 Å². The molecule has 1 aromatic heterocycles. The standard InChI is InChI=1S/C18H21N5O2/c1-21-11-4-2-3-10(7-11)16-14(9-19)17(20)23-18(22-16)13-8-12(24)5-6-15(13)25/h5-6,8,10-11,21,24-25H,2-4,7H2,1H3,(H2,20,22,23). The van der Waals surface area contributed by atoms with Gasteiger partial charge < -0.3 is 21.3 Å². The number of anilines is 1. The Kier molecular flexibility index (Phi) is 4.72. The lowest BCUT2D eigenvalue weighted by Gasteiger charge is -2.29. The Bertz CT molecular complexity index is 831. The molecule has 1 aliphatic rings. The van der Waals surface area contributed by atoms with Gasteiger partial charge in [-0.2, -0.15) is 5.26 Å². The third kappa shape index (κ3) is 3.35. The van der Waals surface area contributed by atoms with Gasteiger partial charge >= 0.3 is 0 Å². The van der Waals surface area contributed by atoms with Crippen molar-refractivity contribution < 1.29 is 10.2 Å². The molecule has 0 spiro atoms. The molecule has 0 radical (unpaired) electrons. The Morgan fingerprint density at radius 3 is 2.80 bits per heavy atom. The van der Waals surface area contributed by atoms with Crippen molar-refractivity contribution in [3.05, 3.63) is 29.5 Å². The Morgan fingerprint density at radius 2 is 2.08 bits per heavy atom. The highest BCUT2D eigenvalue weighted by atomic mass is 16.3. The third-order valence-electron chi connectivity index (χ3n) is 4.77. The zero-order valence-corrected chi connectivity index (χ0v) is 14.0. The number of nitrogens with zero attached hydrogens (tertiary/aromatic N) is 3. The van der Waals surface area contributed by atoms with E-state index in [1.807, 2.05) is 7.05 Å². The lowest BCUT2D eigenvalue weighted by atomic mass is 9.82. The normalized spacial score (nSPS) is 20.2. The van der Waals surface area contributed by atoms with Crippen LogP contribution in [0.25, 0.3) is 11.4 Å². The van der Waals surface area contributed by atoms with Crippen LogP contribution in [0, 0.1) is 11.3 Å². The fourth-order valence-electron chi connectivity index (χ4n) is 3.43. The van der Waals surface area contributed by atoms with E-state index in [4.69, 9.17) is 5.73 Å². The monoisotopic (exact) mass is 339 g/mol. The molecule has 5 N–H and O–H groups in total. The summed E-state index contributed by atoms with van der Waals surface area (Å²) in [7, 11) is 1.93. The van der Waals surface area contributed by atoms with E-state index in [1.54, 1.807) is 0 Å². The summed E-state index contributed by atoms with van der Waals surface area (Å²) < 4.78 is 0. The maximum atomic E-state index is 10.1. The molecule has 2 atom stereocenters. The van der Waals surface area contributed by atoms with Gasteiger partial charge in [-0.15, -0.1) is 0 Å². The summed E-state index contributed by atoms with van der Waals surface area (Å²) in [4.78, 5) is 8.72. The second-order valence-electron chi connectivity index (χ2n) is 6.36. The van der Waals surface area contributed by atoms with Crippen molar-refractivity contribution in [3.63, 3.8) is 0 Å². The molecule has 3 rings (SSSR count). The van der Waals surface area contributed by atoms with Crippen LogP contribution in [0.4, 0.5) is 5.82 Å². The molecule has 130 valence electrons. The molecule has 1 heterocycles. The summed E-state index contributed by atoms with van der Waals surface area (Å²) in [5.74, 6) is 0.353. The van der Waals surface area contributed by atoms with Crippen LogP contribution >= 0.6 is 0 Å². The summed E-state index contributed by atoms with van der Waals surface area (Å²) in [6.45, 7) is 0. The summed E-state index contributed by atoms with van der Waals surface area (Å²) in [5.41, 5.74) is 7.20. The maximum Gasteiger partial charge on any atom is 0.165 e. The molecule has 1 fully saturated rings. The van der Waals surface area contributed by atoms with Gasteiger partial charge in [0.15, 0.2) is 5.82 Å². The van der Waals surface area contributed by atoms with E-state index in [9.17, 15) is 15.5 Å². The SMILES string of the molecule is CNC1CCCC(c2nc(-c3cc(O)ccc3O)nc(N)c2C#N)C1. The van der Waals surface area contributed by atoms with Crippen molar-refractivity contribution >= 4 is 5.82 Å². The van der Waals surface area contributed by atoms with Gasteiger partial charge in [-0.3, -0.25) is 0 Å². The number of aromatic nitrogens is 2. The molecule has 7 heteroatoms. The minimum atomic E-state index is -0.0513. The zero-order valence-electron chi connectivity index (χ0n) is 14.0. The van der Waals surface area contributed by atoms with Crippen LogP contribution < -0.4 is 11.1 Å². The van der Waals surface area contributed by atoms with Crippen LogP contribution in [0.1, 0.15) is 42.9 Å². The van der Waals surface area contributed by atoms with Crippen LogP contribution in [0.15, 0.2) is 18.2 Å². The van der Waals surface area contributed by atoms with Gasteiger partial charge in [-0.05, 0) is 44.5 Å². The number of phenols is 2. The number of nitriles is 1. The third-order valence-corrected chi connectivity index (χ3v) is 4.77. The van der Waals surface area contributed by atoms with Crippen molar-refractivity contribution in [1.29, 1.82) is 5.26 Å². The quantitative estimate of drug-likeness (QED) is 0.631. The minimum Gasteiger partial charge on any atom is -0.508 e. The molecule has 1 saturated carbocycles. The lowest BCUT2D eigenvalue weighted by Crippen LogP contribution is -2.31. The first-order valence-electron chi connectivity index (χ1n) is 8.30. The number of aromatic hydroxyl groups is 2. The Labute approximate surface area is 146 Å². The Morgan fingerprint density at radius 1 is 1.28 bits per heavy atom. The summed E-state index contributed by atoms with van der Waals surface area (Å²) in [6.07, 6.45) is 3.93. The Balaban J connectivity index is 2.10. The number of hydrogen-bond donors (Lipinski definition) is 4. The first-order valence-corrected chi connectivity index (χ1v) is 8.30. The van der Waals surface area contributed by atoms with Gasteiger partial charge in [0, 0.05) is 12.0 Å². The van der Waals surface area contributed by atoms with E-state index in [-0.39, 0.29) is 29.1 Å². The topological polar surface area (TPSA) is 128 Å². The average molecular weight is 339 g/mol. The molecule has 1 aromatic carbocycles. The van der Waals surface area contributed by atoms with Crippen molar-refractivity contribution in [2.45, 2.75) is 37.6 Å². The van der Waals surface area contributed by atoms with Gasteiger partial charge in [-0.25, -0.2) is 9.97 Å². The molecule has 0 saturated heterocycles. The summed E-state index contributed by atoms with van der Waals surface area (Å²) in [6, 6.07) is 6.63. The van der Waals surface area contributed by atoms with Crippen LogP contribution in [0.2, 0.25) is 0 Å². The number of benzene rings is 1. The number of phenolic OH excluding ortho intramolecular Hbond substituents is 2. The maximum absolute atomic E-state index is 10.1. The predicted molar refractivity (Wildman–Crippen MR) is 94.0 cm³/mol. The summed E-state index contributed by atoms with van der Waals surface area (Å²) >= 11 is 0. The van der Waals surface area contributed by atoms with Gasteiger partial charge in [0.2, 0.25) is 0 Å². The zero-order chi connectivity index (χ0) is 18.0. The summed E-state index contributed by atoms with van der Waals surface area (Å²) in [5, 5.41) is 32.6. The molecule has 2 unspecified atom stereocenters. The molecule has 2 aromatic rings. The Hall–Kier alpha value is -2.85. The second-order valence-corrected chi connectivity index (χ2v) is 6.36. The van der Waals surface area contributed by atoms with Gasteiger partial charge in [-0.1, -0.05) is 6.42 Å². The smallest absolute Gasteiger partial charge is 0.165 e. The molecule has 0 aliphatic heterocycles. The number of nitrogens with one attached hydrogen (secondary N) is 1. The first-order chi connectivity index (χ1) is 12.0. The predicted octanol–water partition coefficient (Wildman–Crippen LogP) is 2.25. The number of hydrogen-bond acceptors (Lipinski definition) is 7. The van der Waals surface area contributed by atoms with Gasteiger partial charge in [0.05, 0.1) is 11.3 Å². The fraction of sp³-hybridized carbons (Fsp3) is 0.389. The van der Waals surface area contributed by atoms with E-state index in [2.05, 4.69) is 21.4 Å². The van der Waals surface area contributed by atoms with Gasteiger partial charge in [0.1, 0.15) is 28.9 Å². The highest BCUT2D eigenvalue weighted by Gasteiger charge is 2.27. The first kappa shape index (κ1) is 17.0. The van der Waals surface area contributed by atoms with E-state index < -0.39 is 0 Å². The van der Waals surface area contributed by atoms with Gasteiger partial charge in [0.25, 0.3) is 0 Å². The molecule has 7 nitrogen and oxygen atoms in total. The highest BCUT2D eigenvalue weighted by Crippen LogP contribution is 2.37. The van der Waals surface area contributed by atoms with Crippen LogP contribution in [0.3, 0.4) is 0 Å². The van der Waals surface area contributed by atoms with Crippen molar-refractivity contribution in [3.8, 4) is 29.0 Å². The van der Waals surface area contributed by atoms with Crippen LogP contribution in [-0.2, 0) is 0 Å². The van der Waals surface area contributed by atoms with E-state index in [0.29, 0.717) is 22.9 Å². The lowest BCUT2D eigenvalue weighted by molar-refractivity contribution is 0.351. The van der Waals surface area contributed by atoms with Crippen molar-refractivity contribution in [1.82, 2.24) is 15.3 Å². The second kappa shape index (κ2) is 6.95. The van der Waals surface area contributed by atoms with E-state index in [1.165, 1.54) is 18.2 Å². The molecule has 1 aliphatic carbocycles. The van der Waals surface area contributed by atoms with Crippen LogP contribution in [0.5, 0.6) is 11.5 Å². The highest BCUT2D eigenvalue weighted by molar-refractivity contribution is 5.68. The minimum absolute atomic E-state index is 0.00575.